The Morgan fingerprint density at radius 3 is 2.58 bits per heavy atom. The van der Waals surface area contributed by atoms with Crippen molar-refractivity contribution in [3.63, 3.8) is 0 Å². The van der Waals surface area contributed by atoms with E-state index in [9.17, 15) is 18.8 Å². The highest BCUT2D eigenvalue weighted by molar-refractivity contribution is 8.14. The van der Waals surface area contributed by atoms with E-state index in [1.165, 1.54) is 22.5 Å². The summed E-state index contributed by atoms with van der Waals surface area (Å²) in [6, 6.07) is 7.70. The van der Waals surface area contributed by atoms with Gasteiger partial charge in [0.05, 0.1) is 11.7 Å². The summed E-state index contributed by atoms with van der Waals surface area (Å²) in [7, 11) is 0. The van der Waals surface area contributed by atoms with E-state index >= 15 is 0 Å². The van der Waals surface area contributed by atoms with Crippen molar-refractivity contribution in [3.8, 4) is 0 Å². The Bertz CT molecular complexity index is 1210. The van der Waals surface area contributed by atoms with Crippen LogP contribution in [-0.2, 0) is 20.7 Å². The molecule has 0 amide bonds. The molecular weight excluding hydrogens is 505 g/mol. The van der Waals surface area contributed by atoms with Crippen molar-refractivity contribution in [2.45, 2.75) is 76.7 Å². The first-order valence-corrected chi connectivity index (χ1v) is 14.1. The first-order valence-electron chi connectivity index (χ1n) is 13.2. The summed E-state index contributed by atoms with van der Waals surface area (Å²) in [6.45, 7) is 8.09. The number of Topliss-reactive ketones (excluding diaryl/α,β-unsaturated/α-hetero) is 1. The molecule has 0 radical (unpaired) electrons. The van der Waals surface area contributed by atoms with E-state index in [1.807, 2.05) is 0 Å². The molecule has 0 N–H and O–H groups in total. The standard InChI is InChI=1S/C29H36FN3O4S/c1-19(34)38-25-15-16-32(26(27(35)20-12-13-20)23-10-5-6-11-24(23)30)18-21(25)8-7-9-22-14-17-33(31-22)28(36)37-29(2,3)4/h5-6,8,10-11,14,17,20,25-26H,7,9,12-13,15-16,18H2,1-4H3. The number of thioether (sulfide) groups is 1. The number of halogens is 1. The molecule has 4 rings (SSSR count). The van der Waals surface area contributed by atoms with Crippen LogP contribution in [0.3, 0.4) is 0 Å². The molecule has 204 valence electrons. The predicted molar refractivity (Wildman–Crippen MR) is 145 cm³/mol. The summed E-state index contributed by atoms with van der Waals surface area (Å²) in [4.78, 5) is 39.6. The van der Waals surface area contributed by atoms with Gasteiger partial charge in [-0.25, -0.2) is 9.18 Å². The third kappa shape index (κ3) is 7.41. The van der Waals surface area contributed by atoms with Gasteiger partial charge in [0.25, 0.3) is 0 Å². The van der Waals surface area contributed by atoms with E-state index in [0.717, 1.165) is 24.1 Å². The zero-order chi connectivity index (χ0) is 27.4. The second-order valence-electron chi connectivity index (χ2n) is 11.0. The van der Waals surface area contributed by atoms with Gasteiger partial charge in [-0.05, 0) is 70.6 Å². The molecule has 9 heteroatoms. The number of likely N-dealkylation sites (tertiary alicyclic amines) is 1. The van der Waals surface area contributed by atoms with Crippen molar-refractivity contribution in [2.75, 3.05) is 13.1 Å². The van der Waals surface area contributed by atoms with Crippen LogP contribution in [-0.4, -0.2) is 55.6 Å². The Balaban J connectivity index is 1.50. The highest BCUT2D eigenvalue weighted by atomic mass is 32.2. The van der Waals surface area contributed by atoms with Crippen LogP contribution in [0, 0.1) is 11.7 Å². The van der Waals surface area contributed by atoms with E-state index in [0.29, 0.717) is 37.9 Å². The van der Waals surface area contributed by atoms with Crippen LogP contribution < -0.4 is 0 Å². The number of aromatic nitrogens is 2. The third-order valence-corrected chi connectivity index (χ3v) is 7.79. The number of allylic oxidation sites excluding steroid dienone is 1. The molecule has 1 aromatic heterocycles. The minimum atomic E-state index is -0.625. The predicted octanol–water partition coefficient (Wildman–Crippen LogP) is 5.74. The molecule has 0 bridgehead atoms. The lowest BCUT2D eigenvalue weighted by atomic mass is 9.93. The largest absolute Gasteiger partial charge is 0.442 e. The number of hydrogen-bond donors (Lipinski definition) is 0. The summed E-state index contributed by atoms with van der Waals surface area (Å²) < 4.78 is 21.4. The molecule has 2 aromatic rings. The lowest BCUT2D eigenvalue weighted by Gasteiger charge is -2.38. The van der Waals surface area contributed by atoms with Gasteiger partial charge in [0, 0.05) is 42.9 Å². The van der Waals surface area contributed by atoms with Crippen LogP contribution in [0.2, 0.25) is 0 Å². The number of rotatable bonds is 8. The quantitative estimate of drug-likeness (QED) is 0.394. The summed E-state index contributed by atoms with van der Waals surface area (Å²) >= 11 is 1.31. The molecule has 1 aliphatic carbocycles. The summed E-state index contributed by atoms with van der Waals surface area (Å²) in [5, 5.41) is 4.40. The van der Waals surface area contributed by atoms with Crippen LogP contribution in [0.25, 0.3) is 0 Å². The van der Waals surface area contributed by atoms with Crippen LogP contribution in [0.15, 0.2) is 48.2 Å². The molecule has 1 saturated carbocycles. The minimum Gasteiger partial charge on any atom is -0.442 e. The van der Waals surface area contributed by atoms with E-state index < -0.39 is 17.7 Å². The van der Waals surface area contributed by atoms with Crippen LogP contribution in [0.1, 0.15) is 70.7 Å². The number of ketones is 1. The number of piperidine rings is 1. The zero-order valence-electron chi connectivity index (χ0n) is 22.5. The maximum atomic E-state index is 14.8. The fraction of sp³-hybridized carbons (Fsp3) is 0.517. The highest BCUT2D eigenvalue weighted by Gasteiger charge is 2.41. The van der Waals surface area contributed by atoms with E-state index in [-0.39, 0.29) is 27.9 Å². The first kappa shape index (κ1) is 28.2. The van der Waals surface area contributed by atoms with Gasteiger partial charge in [0.15, 0.2) is 10.9 Å². The Hall–Kier alpha value is -2.78. The molecule has 38 heavy (non-hydrogen) atoms. The average Bonchev–Trinajstić information content (AvgIpc) is 3.58. The third-order valence-electron chi connectivity index (χ3n) is 6.63. The fourth-order valence-electron chi connectivity index (χ4n) is 4.76. The van der Waals surface area contributed by atoms with Gasteiger partial charge in [-0.2, -0.15) is 9.78 Å². The van der Waals surface area contributed by atoms with Crippen LogP contribution in [0.5, 0.6) is 0 Å². The van der Waals surface area contributed by atoms with E-state index in [2.05, 4.69) is 16.1 Å². The lowest BCUT2D eigenvalue weighted by Crippen LogP contribution is -2.43. The Morgan fingerprint density at radius 1 is 1.18 bits per heavy atom. The monoisotopic (exact) mass is 541 g/mol. The molecule has 2 atom stereocenters. The van der Waals surface area contributed by atoms with Gasteiger partial charge in [0.2, 0.25) is 0 Å². The molecule has 2 fully saturated rings. The molecule has 2 aliphatic rings. The number of carbonyl (C=O) groups is 3. The second-order valence-corrected chi connectivity index (χ2v) is 12.4. The second kappa shape index (κ2) is 11.9. The molecule has 1 aliphatic heterocycles. The molecule has 2 heterocycles. The van der Waals surface area contributed by atoms with Crippen molar-refractivity contribution in [1.29, 1.82) is 0 Å². The van der Waals surface area contributed by atoms with Crippen molar-refractivity contribution in [3.05, 3.63) is 65.3 Å². The van der Waals surface area contributed by atoms with Crippen molar-refractivity contribution < 1.29 is 23.5 Å². The zero-order valence-corrected chi connectivity index (χ0v) is 23.3. The maximum absolute atomic E-state index is 14.8. The molecule has 1 saturated heterocycles. The Kier molecular flexibility index (Phi) is 8.88. The number of aryl methyl sites for hydroxylation is 1. The van der Waals surface area contributed by atoms with Crippen LogP contribution in [0.4, 0.5) is 9.18 Å². The number of ether oxygens (including phenoxy) is 1. The van der Waals surface area contributed by atoms with Gasteiger partial charge >= 0.3 is 6.09 Å². The number of nitrogens with zero attached hydrogens (tertiary/aromatic N) is 3. The Labute approximate surface area is 227 Å². The maximum Gasteiger partial charge on any atom is 0.435 e. The SMILES string of the molecule is CC(=O)SC1CCN(C(C(=O)C2CC2)c2ccccc2F)CC1=CCCc1ccn(C(=O)OC(C)(C)C)n1. The highest BCUT2D eigenvalue weighted by Crippen LogP contribution is 2.40. The van der Waals surface area contributed by atoms with Crippen LogP contribution >= 0.6 is 11.8 Å². The van der Waals surface area contributed by atoms with E-state index in [1.54, 1.807) is 58.2 Å². The minimum absolute atomic E-state index is 0.00330. The molecule has 0 spiro atoms. The number of benzene rings is 1. The molecule has 7 nitrogen and oxygen atoms in total. The molecule has 2 unspecified atom stereocenters. The smallest absolute Gasteiger partial charge is 0.435 e. The van der Waals surface area contributed by atoms with Gasteiger partial charge in [-0.1, -0.05) is 36.0 Å². The summed E-state index contributed by atoms with van der Waals surface area (Å²) in [5.74, 6) is -0.283. The summed E-state index contributed by atoms with van der Waals surface area (Å²) in [6.07, 6.45) is 6.86. The molecular formula is C29H36FN3O4S. The summed E-state index contributed by atoms with van der Waals surface area (Å²) in [5.41, 5.74) is 1.64. The van der Waals surface area contributed by atoms with Gasteiger partial charge in [-0.3, -0.25) is 14.5 Å². The first-order chi connectivity index (χ1) is 18.0. The number of hydrogen-bond acceptors (Lipinski definition) is 7. The van der Waals surface area contributed by atoms with Crippen molar-refractivity contribution >= 4 is 28.8 Å². The lowest BCUT2D eigenvalue weighted by molar-refractivity contribution is -0.126. The Morgan fingerprint density at radius 2 is 1.92 bits per heavy atom. The van der Waals surface area contributed by atoms with Gasteiger partial charge in [-0.15, -0.1) is 0 Å². The van der Waals surface area contributed by atoms with Gasteiger partial charge < -0.3 is 4.74 Å². The fourth-order valence-corrected chi connectivity index (χ4v) is 5.71. The topological polar surface area (TPSA) is 81.5 Å². The number of carbonyl (C=O) groups excluding carboxylic acids is 3. The normalized spacial score (nSPS) is 20.3. The van der Waals surface area contributed by atoms with Gasteiger partial charge in [0.1, 0.15) is 11.4 Å². The average molecular weight is 542 g/mol. The van der Waals surface area contributed by atoms with E-state index in [4.69, 9.17) is 4.74 Å². The van der Waals surface area contributed by atoms with Crippen molar-refractivity contribution in [1.82, 2.24) is 14.7 Å². The molecule has 1 aromatic carbocycles. The van der Waals surface area contributed by atoms with Crippen molar-refractivity contribution in [2.24, 2.45) is 5.92 Å².